The Morgan fingerprint density at radius 3 is 2.36 bits per heavy atom. The summed E-state index contributed by atoms with van der Waals surface area (Å²) in [5.41, 5.74) is 0.724. The average Bonchev–Trinajstić information content (AvgIpc) is 2.91. The highest BCUT2D eigenvalue weighted by Gasteiger charge is 2.49. The van der Waals surface area contributed by atoms with Crippen LogP contribution in [0.2, 0.25) is 0 Å². The van der Waals surface area contributed by atoms with Crippen LogP contribution in [0.15, 0.2) is 42.5 Å². The van der Waals surface area contributed by atoms with Crippen molar-refractivity contribution in [1.29, 1.82) is 0 Å². The molecule has 0 spiro atoms. The predicted octanol–water partition coefficient (Wildman–Crippen LogP) is 2.66. The van der Waals surface area contributed by atoms with Gasteiger partial charge in [0, 0.05) is 0 Å². The average molecular weight is 382 g/mol. The number of amides is 3. The summed E-state index contributed by atoms with van der Waals surface area (Å²) in [4.78, 5) is 39.2. The SMILES string of the molecule is COc1ccc(OC)c(C(=O)CN2C(=O)N[C@](C)(c3ccc(C)cc3)C2=O)c1. The number of methoxy groups -OCH3 is 2. The third kappa shape index (κ3) is 3.31. The third-order valence-corrected chi connectivity index (χ3v) is 4.91. The van der Waals surface area contributed by atoms with Crippen molar-refractivity contribution in [3.63, 3.8) is 0 Å². The summed E-state index contributed by atoms with van der Waals surface area (Å²) in [5, 5.41) is 2.70. The van der Waals surface area contributed by atoms with Gasteiger partial charge in [-0.15, -0.1) is 0 Å². The molecular formula is C21H22N2O5. The Labute approximate surface area is 163 Å². The zero-order valence-corrected chi connectivity index (χ0v) is 16.2. The summed E-state index contributed by atoms with van der Waals surface area (Å²) in [7, 11) is 2.93. The summed E-state index contributed by atoms with van der Waals surface area (Å²) >= 11 is 0. The number of hydrogen-bond donors (Lipinski definition) is 1. The van der Waals surface area contributed by atoms with Crippen molar-refractivity contribution in [2.45, 2.75) is 19.4 Å². The lowest BCUT2D eigenvalue weighted by molar-refractivity contribution is -0.130. The molecule has 1 aliphatic heterocycles. The molecule has 1 atom stereocenters. The van der Waals surface area contributed by atoms with E-state index in [4.69, 9.17) is 9.47 Å². The van der Waals surface area contributed by atoms with Crippen LogP contribution in [0.25, 0.3) is 0 Å². The van der Waals surface area contributed by atoms with Gasteiger partial charge < -0.3 is 14.8 Å². The normalized spacial score (nSPS) is 18.8. The summed E-state index contributed by atoms with van der Waals surface area (Å²) in [6.07, 6.45) is 0. The fourth-order valence-corrected chi connectivity index (χ4v) is 3.18. The molecule has 0 aliphatic carbocycles. The number of hydrogen-bond acceptors (Lipinski definition) is 5. The monoisotopic (exact) mass is 382 g/mol. The topological polar surface area (TPSA) is 84.9 Å². The summed E-state index contributed by atoms with van der Waals surface area (Å²) in [6.45, 7) is 3.18. The van der Waals surface area contributed by atoms with Gasteiger partial charge >= 0.3 is 6.03 Å². The number of ether oxygens (including phenoxy) is 2. The van der Waals surface area contributed by atoms with E-state index in [0.29, 0.717) is 17.1 Å². The van der Waals surface area contributed by atoms with Crippen molar-refractivity contribution in [2.75, 3.05) is 20.8 Å². The molecule has 146 valence electrons. The van der Waals surface area contributed by atoms with E-state index < -0.39 is 29.8 Å². The van der Waals surface area contributed by atoms with E-state index in [1.807, 2.05) is 19.1 Å². The molecule has 0 saturated carbocycles. The Morgan fingerprint density at radius 2 is 1.75 bits per heavy atom. The lowest BCUT2D eigenvalue weighted by Crippen LogP contribution is -2.41. The van der Waals surface area contributed by atoms with Crippen molar-refractivity contribution in [2.24, 2.45) is 0 Å². The molecule has 1 aliphatic rings. The lowest BCUT2D eigenvalue weighted by atomic mass is 9.91. The van der Waals surface area contributed by atoms with Crippen LogP contribution in [0.5, 0.6) is 11.5 Å². The van der Waals surface area contributed by atoms with Crippen LogP contribution in [0.1, 0.15) is 28.4 Å². The predicted molar refractivity (Wildman–Crippen MR) is 103 cm³/mol. The maximum Gasteiger partial charge on any atom is 0.325 e. The highest BCUT2D eigenvalue weighted by atomic mass is 16.5. The first-order valence-corrected chi connectivity index (χ1v) is 8.76. The van der Waals surface area contributed by atoms with E-state index in [-0.39, 0.29) is 5.56 Å². The standard InChI is InChI=1S/C21H22N2O5/c1-13-5-7-14(8-6-13)21(2)19(25)23(20(26)22-21)12-17(24)16-11-15(27-3)9-10-18(16)28-4/h5-11H,12H2,1-4H3,(H,22,26)/t21-/m1/s1. The number of rotatable bonds is 6. The second kappa shape index (κ2) is 7.34. The van der Waals surface area contributed by atoms with Crippen LogP contribution >= 0.6 is 0 Å². The van der Waals surface area contributed by atoms with Crippen molar-refractivity contribution >= 4 is 17.7 Å². The maximum atomic E-state index is 13.0. The Balaban J connectivity index is 1.87. The molecule has 1 fully saturated rings. The minimum absolute atomic E-state index is 0.242. The van der Waals surface area contributed by atoms with Crippen LogP contribution in [0.3, 0.4) is 0 Å². The van der Waals surface area contributed by atoms with E-state index in [1.54, 1.807) is 31.2 Å². The molecule has 2 aromatic carbocycles. The molecule has 7 nitrogen and oxygen atoms in total. The van der Waals surface area contributed by atoms with Gasteiger partial charge in [0.2, 0.25) is 0 Å². The van der Waals surface area contributed by atoms with Gasteiger partial charge in [-0.2, -0.15) is 0 Å². The van der Waals surface area contributed by atoms with Crippen molar-refractivity contribution in [1.82, 2.24) is 10.2 Å². The number of ketones is 1. The quantitative estimate of drug-likeness (QED) is 0.613. The van der Waals surface area contributed by atoms with Gasteiger partial charge in [0.1, 0.15) is 17.0 Å². The van der Waals surface area contributed by atoms with Gasteiger partial charge in [0.05, 0.1) is 26.3 Å². The van der Waals surface area contributed by atoms with Crippen molar-refractivity contribution in [3.8, 4) is 11.5 Å². The smallest absolute Gasteiger partial charge is 0.325 e. The minimum atomic E-state index is -1.22. The number of aryl methyl sites for hydroxylation is 1. The number of imide groups is 1. The third-order valence-electron chi connectivity index (χ3n) is 4.91. The molecule has 2 aromatic rings. The Hall–Kier alpha value is -3.35. The van der Waals surface area contributed by atoms with Crippen LogP contribution in [-0.4, -0.2) is 43.4 Å². The van der Waals surface area contributed by atoms with E-state index in [0.717, 1.165) is 10.5 Å². The van der Waals surface area contributed by atoms with E-state index in [1.165, 1.54) is 20.3 Å². The highest BCUT2D eigenvalue weighted by Crippen LogP contribution is 2.30. The first-order valence-electron chi connectivity index (χ1n) is 8.76. The van der Waals surface area contributed by atoms with Gasteiger partial charge in [0.25, 0.3) is 5.91 Å². The molecule has 7 heteroatoms. The number of nitrogens with zero attached hydrogens (tertiary/aromatic N) is 1. The highest BCUT2D eigenvalue weighted by molar-refractivity contribution is 6.11. The first-order chi connectivity index (χ1) is 13.3. The van der Waals surface area contributed by atoms with Crippen molar-refractivity contribution in [3.05, 3.63) is 59.2 Å². The Kier molecular flexibility index (Phi) is 5.09. The second-order valence-electron chi connectivity index (χ2n) is 6.80. The molecule has 3 amide bonds. The van der Waals surface area contributed by atoms with E-state index in [2.05, 4.69) is 5.32 Å². The van der Waals surface area contributed by atoms with Gasteiger partial charge in [-0.1, -0.05) is 29.8 Å². The van der Waals surface area contributed by atoms with Crippen LogP contribution in [-0.2, 0) is 10.3 Å². The summed E-state index contributed by atoms with van der Waals surface area (Å²) in [6, 6.07) is 11.5. The van der Waals surface area contributed by atoms with Crippen molar-refractivity contribution < 1.29 is 23.9 Å². The largest absolute Gasteiger partial charge is 0.497 e. The molecule has 28 heavy (non-hydrogen) atoms. The number of benzene rings is 2. The zero-order valence-electron chi connectivity index (χ0n) is 16.2. The van der Waals surface area contributed by atoms with Gasteiger partial charge in [0.15, 0.2) is 5.78 Å². The van der Waals surface area contributed by atoms with Crippen LogP contribution in [0, 0.1) is 6.92 Å². The number of carbonyl (C=O) groups excluding carboxylic acids is 3. The number of urea groups is 1. The Bertz CT molecular complexity index is 938. The number of Topliss-reactive ketones (excluding diaryl/α,β-unsaturated/α-hetero) is 1. The molecule has 0 unspecified atom stereocenters. The van der Waals surface area contributed by atoms with Gasteiger partial charge in [-0.05, 0) is 37.6 Å². The first kappa shape index (κ1) is 19.4. The Morgan fingerprint density at radius 1 is 1.07 bits per heavy atom. The fourth-order valence-electron chi connectivity index (χ4n) is 3.18. The van der Waals surface area contributed by atoms with Gasteiger partial charge in [-0.25, -0.2) is 4.79 Å². The van der Waals surface area contributed by atoms with Crippen LogP contribution < -0.4 is 14.8 Å². The lowest BCUT2D eigenvalue weighted by Gasteiger charge is -2.22. The second-order valence-corrected chi connectivity index (χ2v) is 6.80. The molecule has 0 radical (unpaired) electrons. The molecule has 1 heterocycles. The molecular weight excluding hydrogens is 360 g/mol. The molecule has 0 aromatic heterocycles. The van der Waals surface area contributed by atoms with E-state index >= 15 is 0 Å². The zero-order chi connectivity index (χ0) is 20.5. The maximum absolute atomic E-state index is 13.0. The summed E-state index contributed by atoms with van der Waals surface area (Å²) < 4.78 is 10.4. The number of carbonyl (C=O) groups is 3. The molecule has 0 bridgehead atoms. The number of nitrogens with one attached hydrogen (secondary N) is 1. The minimum Gasteiger partial charge on any atom is -0.497 e. The molecule has 3 rings (SSSR count). The fraction of sp³-hybridized carbons (Fsp3) is 0.286. The molecule has 1 saturated heterocycles. The van der Waals surface area contributed by atoms with Crippen LogP contribution in [0.4, 0.5) is 4.79 Å². The van der Waals surface area contributed by atoms with E-state index in [9.17, 15) is 14.4 Å². The summed E-state index contributed by atoms with van der Waals surface area (Å²) in [5.74, 6) is -0.0750. The van der Waals surface area contributed by atoms with Gasteiger partial charge in [-0.3, -0.25) is 14.5 Å². The molecule has 1 N–H and O–H groups in total.